The quantitative estimate of drug-likeness (QED) is 0.593. The van der Waals surface area contributed by atoms with Crippen LogP contribution in [0, 0.1) is 0 Å². The van der Waals surface area contributed by atoms with Crippen molar-refractivity contribution in [3.8, 4) is 0 Å². The monoisotopic (exact) mass is 360 g/mol. The molecule has 0 bridgehead atoms. The van der Waals surface area contributed by atoms with Crippen LogP contribution in [0.4, 0.5) is 5.69 Å². The third kappa shape index (κ3) is 3.10. The Morgan fingerprint density at radius 1 is 1.04 bits per heavy atom. The second-order valence-corrected chi connectivity index (χ2v) is 6.45. The number of aromatic nitrogens is 3. The number of benzene rings is 2. The van der Waals surface area contributed by atoms with Crippen LogP contribution in [0.5, 0.6) is 0 Å². The van der Waals surface area contributed by atoms with Gasteiger partial charge in [0, 0.05) is 28.5 Å². The van der Waals surface area contributed by atoms with Gasteiger partial charge in [0.1, 0.15) is 12.1 Å². The molecule has 0 aliphatic carbocycles. The third-order valence-corrected chi connectivity index (χ3v) is 4.57. The van der Waals surface area contributed by atoms with Crippen molar-refractivity contribution >= 4 is 33.4 Å². The number of nitrogens with zero attached hydrogens (tertiary/aromatic N) is 3. The number of carbonyl (C=O) groups excluding carboxylic acids is 1. The fourth-order valence-corrected chi connectivity index (χ4v) is 3.42. The van der Waals surface area contributed by atoms with E-state index >= 15 is 0 Å². The lowest BCUT2D eigenvalue weighted by atomic mass is 10.2. The number of aryl methyl sites for hydroxylation is 1. The van der Waals surface area contributed by atoms with Gasteiger partial charge in [-0.1, -0.05) is 43.3 Å². The van der Waals surface area contributed by atoms with Crippen molar-refractivity contribution < 1.29 is 4.79 Å². The van der Waals surface area contributed by atoms with Gasteiger partial charge in [-0.2, -0.15) is 5.10 Å². The molecule has 0 spiro atoms. The van der Waals surface area contributed by atoms with Crippen molar-refractivity contribution in [2.45, 2.75) is 26.4 Å². The minimum atomic E-state index is -0.284. The van der Waals surface area contributed by atoms with E-state index in [9.17, 15) is 9.59 Å². The van der Waals surface area contributed by atoms with Gasteiger partial charge in [-0.25, -0.2) is 4.68 Å². The fourth-order valence-electron chi connectivity index (χ4n) is 3.42. The zero-order valence-corrected chi connectivity index (χ0v) is 15.1. The van der Waals surface area contributed by atoms with E-state index in [1.165, 1.54) is 4.68 Å². The largest absolute Gasteiger partial charge is 0.336 e. The Balaban J connectivity index is 1.75. The summed E-state index contributed by atoms with van der Waals surface area (Å²) in [5.41, 5.74) is 2.05. The smallest absolute Gasteiger partial charge is 0.291 e. The molecule has 6 heteroatoms. The average Bonchev–Trinajstić information content (AvgIpc) is 3.00. The Kier molecular flexibility index (Phi) is 4.46. The van der Waals surface area contributed by atoms with Crippen LogP contribution < -0.4 is 10.9 Å². The predicted octanol–water partition coefficient (Wildman–Crippen LogP) is 3.40. The van der Waals surface area contributed by atoms with Gasteiger partial charge >= 0.3 is 0 Å². The van der Waals surface area contributed by atoms with Gasteiger partial charge in [0.05, 0.1) is 6.20 Å². The van der Waals surface area contributed by atoms with Gasteiger partial charge in [0.2, 0.25) is 5.91 Å². The number of anilines is 1. The highest BCUT2D eigenvalue weighted by Gasteiger charge is 2.16. The lowest BCUT2D eigenvalue weighted by Crippen LogP contribution is -2.30. The predicted molar refractivity (Wildman–Crippen MR) is 107 cm³/mol. The van der Waals surface area contributed by atoms with Crippen molar-refractivity contribution in [1.82, 2.24) is 14.3 Å². The lowest BCUT2D eigenvalue weighted by Gasteiger charge is -2.08. The standard InChI is InChI=1S/C21H20N4O2/c1-2-12-24-18-11-7-6-10-16(18)17-13-22-25(21(27)20(17)24)14-19(26)23-15-8-4-3-5-9-15/h3-11,13H,2,12,14H2,1H3,(H,23,26). The zero-order chi connectivity index (χ0) is 18.8. The van der Waals surface area contributed by atoms with E-state index in [0.717, 1.165) is 29.3 Å². The molecule has 0 atom stereocenters. The second-order valence-electron chi connectivity index (χ2n) is 6.45. The minimum Gasteiger partial charge on any atom is -0.336 e. The summed E-state index contributed by atoms with van der Waals surface area (Å²) < 4.78 is 3.26. The van der Waals surface area contributed by atoms with Crippen LogP contribution in [0.25, 0.3) is 21.8 Å². The first-order chi connectivity index (χ1) is 13.2. The number of nitrogens with one attached hydrogen (secondary N) is 1. The molecule has 2 heterocycles. The Labute approximate surface area is 156 Å². The summed E-state index contributed by atoms with van der Waals surface area (Å²) in [5, 5.41) is 8.86. The molecule has 4 aromatic rings. The first kappa shape index (κ1) is 17.0. The molecule has 0 saturated carbocycles. The van der Waals surface area contributed by atoms with Crippen molar-refractivity contribution in [3.05, 3.63) is 71.1 Å². The van der Waals surface area contributed by atoms with Crippen LogP contribution in [0.1, 0.15) is 13.3 Å². The van der Waals surface area contributed by atoms with Crippen molar-refractivity contribution in [1.29, 1.82) is 0 Å². The first-order valence-corrected chi connectivity index (χ1v) is 9.01. The average molecular weight is 360 g/mol. The van der Waals surface area contributed by atoms with E-state index in [1.807, 2.05) is 47.0 Å². The SMILES string of the molecule is CCCn1c2ccccc2c2cnn(CC(=O)Nc3ccccc3)c(=O)c21. The molecule has 1 amide bonds. The van der Waals surface area contributed by atoms with Crippen LogP contribution >= 0.6 is 0 Å². The second kappa shape index (κ2) is 7.07. The van der Waals surface area contributed by atoms with Crippen molar-refractivity contribution in [2.75, 3.05) is 5.32 Å². The fraction of sp³-hybridized carbons (Fsp3) is 0.190. The molecule has 2 aromatic heterocycles. The number of rotatable bonds is 5. The lowest BCUT2D eigenvalue weighted by molar-refractivity contribution is -0.117. The van der Waals surface area contributed by atoms with Crippen LogP contribution in [-0.4, -0.2) is 20.3 Å². The maximum Gasteiger partial charge on any atom is 0.291 e. The van der Waals surface area contributed by atoms with E-state index in [-0.39, 0.29) is 18.0 Å². The highest BCUT2D eigenvalue weighted by molar-refractivity contribution is 6.07. The van der Waals surface area contributed by atoms with Gasteiger partial charge in [-0.15, -0.1) is 0 Å². The van der Waals surface area contributed by atoms with Crippen LogP contribution in [0.3, 0.4) is 0 Å². The minimum absolute atomic E-state index is 0.128. The normalized spacial score (nSPS) is 11.1. The summed E-state index contributed by atoms with van der Waals surface area (Å²) in [6.45, 7) is 2.68. The van der Waals surface area contributed by atoms with Gasteiger partial charge in [0.25, 0.3) is 5.56 Å². The number of hydrogen-bond donors (Lipinski definition) is 1. The van der Waals surface area contributed by atoms with Crippen molar-refractivity contribution in [2.24, 2.45) is 0 Å². The van der Waals surface area contributed by atoms with Crippen LogP contribution in [0.2, 0.25) is 0 Å². The van der Waals surface area contributed by atoms with Gasteiger partial charge in [-0.05, 0) is 24.6 Å². The molecule has 0 aliphatic heterocycles. The Morgan fingerprint density at radius 2 is 1.78 bits per heavy atom. The summed E-state index contributed by atoms with van der Waals surface area (Å²) >= 11 is 0. The van der Waals surface area contributed by atoms with Crippen LogP contribution in [0.15, 0.2) is 65.6 Å². The maximum atomic E-state index is 13.1. The first-order valence-electron chi connectivity index (χ1n) is 9.01. The molecular formula is C21H20N4O2. The molecule has 2 aromatic carbocycles. The van der Waals surface area contributed by atoms with E-state index in [2.05, 4.69) is 17.3 Å². The molecule has 0 unspecified atom stereocenters. The van der Waals surface area contributed by atoms with E-state index in [1.54, 1.807) is 18.3 Å². The molecule has 0 aliphatic rings. The molecule has 0 radical (unpaired) electrons. The highest BCUT2D eigenvalue weighted by atomic mass is 16.2. The summed E-state index contributed by atoms with van der Waals surface area (Å²) in [4.78, 5) is 25.4. The number of hydrogen-bond acceptors (Lipinski definition) is 3. The van der Waals surface area contributed by atoms with Gasteiger partial charge < -0.3 is 9.88 Å². The Hall–Kier alpha value is -3.41. The molecule has 136 valence electrons. The van der Waals surface area contributed by atoms with E-state index < -0.39 is 0 Å². The molecule has 4 rings (SSSR count). The number of fused-ring (bicyclic) bond motifs is 3. The summed E-state index contributed by atoms with van der Waals surface area (Å²) in [5.74, 6) is -0.284. The molecule has 6 nitrogen and oxygen atoms in total. The van der Waals surface area contributed by atoms with Gasteiger partial charge in [-0.3, -0.25) is 9.59 Å². The van der Waals surface area contributed by atoms with E-state index in [4.69, 9.17) is 0 Å². The molecule has 0 fully saturated rings. The molecule has 0 saturated heterocycles. The van der Waals surface area contributed by atoms with E-state index in [0.29, 0.717) is 11.2 Å². The van der Waals surface area contributed by atoms with Gasteiger partial charge in [0.15, 0.2) is 0 Å². The van der Waals surface area contributed by atoms with Crippen molar-refractivity contribution in [3.63, 3.8) is 0 Å². The molecule has 1 N–H and O–H groups in total. The number of para-hydroxylation sites is 2. The summed E-state index contributed by atoms with van der Waals surface area (Å²) in [7, 11) is 0. The number of carbonyl (C=O) groups is 1. The number of amides is 1. The Bertz CT molecular complexity index is 1180. The van der Waals surface area contributed by atoms with Crippen LogP contribution in [-0.2, 0) is 17.9 Å². The highest BCUT2D eigenvalue weighted by Crippen LogP contribution is 2.26. The summed E-state index contributed by atoms with van der Waals surface area (Å²) in [6, 6.07) is 17.1. The zero-order valence-electron chi connectivity index (χ0n) is 15.1. The topological polar surface area (TPSA) is 68.9 Å². The molecular weight excluding hydrogens is 340 g/mol. The summed E-state index contributed by atoms with van der Waals surface area (Å²) in [6.07, 6.45) is 2.59. The maximum absolute atomic E-state index is 13.1. The molecule has 27 heavy (non-hydrogen) atoms. The Morgan fingerprint density at radius 3 is 2.56 bits per heavy atom. The third-order valence-electron chi connectivity index (χ3n) is 4.57.